The second-order valence-corrected chi connectivity index (χ2v) is 6.77. The molecule has 0 nitrogen and oxygen atoms in total. The summed E-state index contributed by atoms with van der Waals surface area (Å²) in [4.78, 5) is 0. The van der Waals surface area contributed by atoms with E-state index in [1.54, 1.807) is 0 Å². The van der Waals surface area contributed by atoms with Crippen LogP contribution in [0.3, 0.4) is 0 Å². The van der Waals surface area contributed by atoms with E-state index in [9.17, 15) is 0 Å². The highest BCUT2D eigenvalue weighted by molar-refractivity contribution is 4.69. The maximum atomic E-state index is 2.41. The monoisotopic (exact) mass is 282 g/mol. The highest BCUT2D eigenvalue weighted by atomic mass is 14.2. The lowest BCUT2D eigenvalue weighted by Gasteiger charge is -2.26. The number of hydrogen-bond donors (Lipinski definition) is 0. The molecule has 20 heavy (non-hydrogen) atoms. The Kier molecular flexibility index (Phi) is 15.4. The summed E-state index contributed by atoms with van der Waals surface area (Å²) in [6.45, 7) is 9.40. The Bertz CT molecular complexity index is 173. The largest absolute Gasteiger partial charge is 0.0654 e. The van der Waals surface area contributed by atoms with E-state index in [-0.39, 0.29) is 0 Å². The van der Waals surface area contributed by atoms with Crippen LogP contribution in [-0.4, -0.2) is 0 Å². The van der Waals surface area contributed by atoms with E-state index in [2.05, 4.69) is 27.7 Å². The van der Waals surface area contributed by atoms with Gasteiger partial charge >= 0.3 is 0 Å². The first kappa shape index (κ1) is 20.0. The third-order valence-electron chi connectivity index (χ3n) is 4.96. The second kappa shape index (κ2) is 15.4. The van der Waals surface area contributed by atoms with E-state index in [1.807, 2.05) is 0 Å². The molecule has 2 unspecified atom stereocenters. The van der Waals surface area contributed by atoms with Gasteiger partial charge in [-0.15, -0.1) is 0 Å². The van der Waals surface area contributed by atoms with Crippen LogP contribution in [0.25, 0.3) is 0 Å². The molecule has 0 fully saturated rings. The van der Waals surface area contributed by atoms with Crippen LogP contribution in [0.1, 0.15) is 118 Å². The molecule has 0 saturated carbocycles. The predicted octanol–water partition coefficient (Wildman–Crippen LogP) is 7.76. The second-order valence-electron chi connectivity index (χ2n) is 6.77. The maximum Gasteiger partial charge on any atom is -0.0386 e. The summed E-state index contributed by atoms with van der Waals surface area (Å²) in [7, 11) is 0. The average molecular weight is 283 g/mol. The van der Waals surface area contributed by atoms with Gasteiger partial charge in [-0.2, -0.15) is 0 Å². The minimum Gasteiger partial charge on any atom is -0.0654 e. The van der Waals surface area contributed by atoms with Gasteiger partial charge in [0.05, 0.1) is 0 Å². The van der Waals surface area contributed by atoms with Crippen molar-refractivity contribution < 1.29 is 0 Å². The van der Waals surface area contributed by atoms with Crippen molar-refractivity contribution in [2.75, 3.05) is 0 Å². The van der Waals surface area contributed by atoms with Crippen molar-refractivity contribution in [3.05, 3.63) is 0 Å². The first-order valence-corrected chi connectivity index (χ1v) is 9.79. The number of unbranched alkanes of at least 4 members (excludes halogenated alkanes) is 7. The Labute approximate surface area is 130 Å². The van der Waals surface area contributed by atoms with Crippen molar-refractivity contribution >= 4 is 0 Å². The summed E-state index contributed by atoms with van der Waals surface area (Å²) >= 11 is 0. The van der Waals surface area contributed by atoms with Gasteiger partial charge in [0.2, 0.25) is 0 Å². The molecule has 0 aromatic heterocycles. The Morgan fingerprint density at radius 1 is 0.450 bits per heavy atom. The lowest BCUT2D eigenvalue weighted by atomic mass is 9.80. The third kappa shape index (κ3) is 10.7. The molecule has 2 atom stereocenters. The topological polar surface area (TPSA) is 0 Å². The molecular formula is C20H42. The zero-order valence-corrected chi connectivity index (χ0v) is 15.1. The fourth-order valence-corrected chi connectivity index (χ4v) is 3.59. The summed E-state index contributed by atoms with van der Waals surface area (Å²) in [5.41, 5.74) is 0. The highest BCUT2D eigenvalue weighted by Gasteiger charge is 2.18. The molecule has 0 rings (SSSR count). The van der Waals surface area contributed by atoms with Crippen molar-refractivity contribution in [1.29, 1.82) is 0 Å². The van der Waals surface area contributed by atoms with Crippen LogP contribution in [0.5, 0.6) is 0 Å². The molecule has 0 heteroatoms. The Morgan fingerprint density at radius 2 is 1.00 bits per heavy atom. The quantitative estimate of drug-likeness (QED) is 0.269. The van der Waals surface area contributed by atoms with Crippen LogP contribution in [0.15, 0.2) is 0 Å². The van der Waals surface area contributed by atoms with Crippen molar-refractivity contribution in [3.63, 3.8) is 0 Å². The van der Waals surface area contributed by atoms with Gasteiger partial charge in [0.15, 0.2) is 0 Å². The molecule has 0 bridgehead atoms. The molecule has 0 amide bonds. The fraction of sp³-hybridized carbons (Fsp3) is 1.00. The molecule has 0 radical (unpaired) electrons. The molecule has 0 N–H and O–H groups in total. The Morgan fingerprint density at radius 3 is 1.55 bits per heavy atom. The first-order valence-electron chi connectivity index (χ1n) is 9.79. The van der Waals surface area contributed by atoms with Gasteiger partial charge < -0.3 is 0 Å². The van der Waals surface area contributed by atoms with Crippen molar-refractivity contribution in [1.82, 2.24) is 0 Å². The lowest BCUT2D eigenvalue weighted by Crippen LogP contribution is -2.14. The zero-order chi connectivity index (χ0) is 15.1. The van der Waals surface area contributed by atoms with Crippen LogP contribution in [-0.2, 0) is 0 Å². The van der Waals surface area contributed by atoms with E-state index < -0.39 is 0 Å². The third-order valence-corrected chi connectivity index (χ3v) is 4.96. The smallest absolute Gasteiger partial charge is 0.0386 e. The minimum absolute atomic E-state index is 1.01. The first-order chi connectivity index (χ1) is 9.79. The molecule has 122 valence electrons. The van der Waals surface area contributed by atoms with E-state index in [4.69, 9.17) is 0 Å². The SMILES string of the molecule is CCCCCCCCCC(CCCC)C(CC)CCC. The molecule has 0 heterocycles. The van der Waals surface area contributed by atoms with Gasteiger partial charge in [-0.05, 0) is 11.8 Å². The van der Waals surface area contributed by atoms with Gasteiger partial charge in [0.25, 0.3) is 0 Å². The van der Waals surface area contributed by atoms with Crippen molar-refractivity contribution in [2.24, 2.45) is 11.8 Å². The molecular weight excluding hydrogens is 240 g/mol. The molecule has 0 aliphatic rings. The van der Waals surface area contributed by atoms with Gasteiger partial charge in [-0.1, -0.05) is 118 Å². The summed E-state index contributed by atoms with van der Waals surface area (Å²) in [5.74, 6) is 2.03. The van der Waals surface area contributed by atoms with Crippen molar-refractivity contribution in [3.8, 4) is 0 Å². The molecule has 0 aliphatic heterocycles. The summed E-state index contributed by atoms with van der Waals surface area (Å²) in [6, 6.07) is 0. The minimum atomic E-state index is 1.01. The van der Waals surface area contributed by atoms with E-state index in [0.29, 0.717) is 0 Å². The van der Waals surface area contributed by atoms with E-state index in [1.165, 1.54) is 89.9 Å². The van der Waals surface area contributed by atoms with Gasteiger partial charge in [-0.25, -0.2) is 0 Å². The van der Waals surface area contributed by atoms with E-state index in [0.717, 1.165) is 11.8 Å². The normalized spacial score (nSPS) is 14.4. The van der Waals surface area contributed by atoms with Crippen LogP contribution in [0.2, 0.25) is 0 Å². The summed E-state index contributed by atoms with van der Waals surface area (Å²) < 4.78 is 0. The highest BCUT2D eigenvalue weighted by Crippen LogP contribution is 2.30. The Hall–Kier alpha value is 0. The Balaban J connectivity index is 3.84. The number of hydrogen-bond acceptors (Lipinski definition) is 0. The van der Waals surface area contributed by atoms with Gasteiger partial charge in [0.1, 0.15) is 0 Å². The van der Waals surface area contributed by atoms with Crippen LogP contribution in [0, 0.1) is 11.8 Å². The maximum absolute atomic E-state index is 2.41. The van der Waals surface area contributed by atoms with Crippen molar-refractivity contribution in [2.45, 2.75) is 118 Å². The fourth-order valence-electron chi connectivity index (χ4n) is 3.59. The molecule has 0 aromatic rings. The van der Waals surface area contributed by atoms with Crippen LogP contribution in [0.4, 0.5) is 0 Å². The molecule has 0 spiro atoms. The molecule has 0 saturated heterocycles. The summed E-state index contributed by atoms with van der Waals surface area (Å²) in [6.07, 6.45) is 20.2. The van der Waals surface area contributed by atoms with Gasteiger partial charge in [-0.3, -0.25) is 0 Å². The standard InChI is InChI=1S/C20H42/c1-5-9-11-12-13-14-15-18-20(17-10-6-2)19(8-4)16-7-3/h19-20H,5-18H2,1-4H3. The van der Waals surface area contributed by atoms with Gasteiger partial charge in [0, 0.05) is 0 Å². The number of rotatable bonds is 15. The predicted molar refractivity (Wildman–Crippen MR) is 94.3 cm³/mol. The molecule has 0 aliphatic carbocycles. The molecule has 0 aromatic carbocycles. The summed E-state index contributed by atoms with van der Waals surface area (Å²) in [5, 5.41) is 0. The van der Waals surface area contributed by atoms with E-state index >= 15 is 0 Å². The lowest BCUT2D eigenvalue weighted by molar-refractivity contribution is 0.255. The van der Waals surface area contributed by atoms with Crippen LogP contribution < -0.4 is 0 Å². The average Bonchev–Trinajstić information content (AvgIpc) is 2.47. The zero-order valence-electron chi connectivity index (χ0n) is 15.1. The van der Waals surface area contributed by atoms with Crippen LogP contribution >= 0.6 is 0 Å².